The average molecular weight is 284 g/mol. The molecular formula is C10H12N4O4S. The number of nitrogens with two attached hydrogens (primary N) is 2. The molecule has 1 saturated carbocycles. The van der Waals surface area contributed by atoms with Crippen LogP contribution in [0.1, 0.15) is 25.0 Å². The van der Waals surface area contributed by atoms with Crippen LogP contribution in [0.4, 0.5) is 5.13 Å². The van der Waals surface area contributed by atoms with Crippen LogP contribution in [0.2, 0.25) is 0 Å². The summed E-state index contributed by atoms with van der Waals surface area (Å²) in [7, 11) is 0. The Labute approximate surface area is 112 Å². The molecule has 1 aliphatic rings. The van der Waals surface area contributed by atoms with Crippen LogP contribution in [0.15, 0.2) is 10.5 Å². The second kappa shape index (κ2) is 4.84. The Kier molecular flexibility index (Phi) is 3.38. The first-order valence-corrected chi connectivity index (χ1v) is 6.33. The summed E-state index contributed by atoms with van der Waals surface area (Å²) in [6.45, 7) is 0. The first kappa shape index (κ1) is 13.3. The van der Waals surface area contributed by atoms with E-state index in [1.165, 1.54) is 5.38 Å². The molecule has 102 valence electrons. The van der Waals surface area contributed by atoms with Gasteiger partial charge in [0, 0.05) is 18.2 Å². The van der Waals surface area contributed by atoms with E-state index < -0.39 is 17.5 Å². The predicted molar refractivity (Wildman–Crippen MR) is 67.6 cm³/mol. The van der Waals surface area contributed by atoms with Gasteiger partial charge >= 0.3 is 5.97 Å². The second-order valence-corrected chi connectivity index (χ2v) is 5.01. The average Bonchev–Trinajstić information content (AvgIpc) is 2.67. The van der Waals surface area contributed by atoms with E-state index in [1.54, 1.807) is 0 Å². The predicted octanol–water partition coefficient (Wildman–Crippen LogP) is -0.0614. The number of nitrogen functional groups attached to an aromatic ring is 1. The number of amides is 1. The molecule has 0 unspecified atom stereocenters. The maximum atomic E-state index is 11.3. The highest BCUT2D eigenvalue weighted by molar-refractivity contribution is 7.13. The van der Waals surface area contributed by atoms with Gasteiger partial charge in [-0.1, -0.05) is 5.16 Å². The lowest BCUT2D eigenvalue weighted by Crippen LogP contribution is -2.47. The number of primary amides is 1. The largest absolute Gasteiger partial charge is 0.478 e. The summed E-state index contributed by atoms with van der Waals surface area (Å²) in [4.78, 5) is 31.3. The Morgan fingerprint density at radius 1 is 1.53 bits per heavy atom. The number of oxime groups is 1. The minimum absolute atomic E-state index is 0.176. The van der Waals surface area contributed by atoms with E-state index in [1.807, 2.05) is 0 Å². The number of carboxylic acid groups (broad SMARTS) is 1. The summed E-state index contributed by atoms with van der Waals surface area (Å²) in [6, 6.07) is 0. The molecule has 19 heavy (non-hydrogen) atoms. The third-order valence-electron chi connectivity index (χ3n) is 2.86. The first-order valence-electron chi connectivity index (χ1n) is 5.45. The zero-order valence-corrected chi connectivity index (χ0v) is 10.6. The molecule has 1 amide bonds. The number of aromatic nitrogens is 1. The zero-order chi connectivity index (χ0) is 14.0. The van der Waals surface area contributed by atoms with E-state index in [-0.39, 0.29) is 16.5 Å². The van der Waals surface area contributed by atoms with Crippen molar-refractivity contribution in [3.05, 3.63) is 11.1 Å². The van der Waals surface area contributed by atoms with Crippen LogP contribution in [0, 0.1) is 0 Å². The van der Waals surface area contributed by atoms with Crippen molar-refractivity contribution in [1.82, 2.24) is 4.98 Å². The Morgan fingerprint density at radius 2 is 2.21 bits per heavy atom. The summed E-state index contributed by atoms with van der Waals surface area (Å²) in [5, 5.41) is 14.4. The molecule has 5 N–H and O–H groups in total. The molecule has 0 aromatic carbocycles. The lowest BCUT2D eigenvalue weighted by Gasteiger charge is -2.34. The van der Waals surface area contributed by atoms with Crippen molar-refractivity contribution in [3.8, 4) is 0 Å². The van der Waals surface area contributed by atoms with E-state index >= 15 is 0 Å². The molecule has 0 spiro atoms. The number of nitrogens with zero attached hydrogens (tertiary/aromatic N) is 2. The van der Waals surface area contributed by atoms with Crippen molar-refractivity contribution in [1.29, 1.82) is 0 Å². The minimum Gasteiger partial charge on any atom is -0.478 e. The normalized spacial score (nSPS) is 17.6. The van der Waals surface area contributed by atoms with E-state index in [2.05, 4.69) is 10.1 Å². The molecule has 0 bridgehead atoms. The van der Waals surface area contributed by atoms with Crippen LogP contribution in [0.25, 0.3) is 0 Å². The fourth-order valence-corrected chi connectivity index (χ4v) is 2.14. The number of anilines is 1. The van der Waals surface area contributed by atoms with Crippen molar-refractivity contribution in [2.24, 2.45) is 10.9 Å². The Morgan fingerprint density at radius 3 is 2.58 bits per heavy atom. The minimum atomic E-state index is -1.36. The molecule has 0 aliphatic heterocycles. The van der Waals surface area contributed by atoms with Gasteiger partial charge in [0.1, 0.15) is 5.69 Å². The number of hydrogen-bond acceptors (Lipinski definition) is 7. The summed E-state index contributed by atoms with van der Waals surface area (Å²) in [6.07, 6.45) is 1.42. The first-order chi connectivity index (χ1) is 8.94. The Hall–Kier alpha value is -2.16. The number of carbonyl (C=O) groups excluding carboxylic acids is 1. The molecule has 1 aromatic heterocycles. The topological polar surface area (TPSA) is 141 Å². The number of carbonyl (C=O) groups is 2. The van der Waals surface area contributed by atoms with Crippen LogP contribution in [-0.4, -0.2) is 33.3 Å². The highest BCUT2D eigenvalue weighted by Gasteiger charge is 2.48. The summed E-state index contributed by atoms with van der Waals surface area (Å²) >= 11 is 1.12. The lowest BCUT2D eigenvalue weighted by molar-refractivity contribution is -0.178. The summed E-state index contributed by atoms with van der Waals surface area (Å²) in [5.41, 5.74) is 9.20. The molecule has 9 heteroatoms. The highest BCUT2D eigenvalue weighted by Crippen LogP contribution is 2.36. The fourth-order valence-electron chi connectivity index (χ4n) is 1.59. The molecule has 0 saturated heterocycles. The summed E-state index contributed by atoms with van der Waals surface area (Å²) in [5.74, 6) is -1.96. The molecular weight excluding hydrogens is 272 g/mol. The van der Waals surface area contributed by atoms with E-state index in [4.69, 9.17) is 21.4 Å². The van der Waals surface area contributed by atoms with Crippen LogP contribution in [-0.2, 0) is 14.4 Å². The zero-order valence-electron chi connectivity index (χ0n) is 9.83. The van der Waals surface area contributed by atoms with E-state index in [0.29, 0.717) is 12.8 Å². The van der Waals surface area contributed by atoms with Gasteiger partial charge in [0.05, 0.1) is 0 Å². The van der Waals surface area contributed by atoms with Crippen molar-refractivity contribution in [2.45, 2.75) is 24.9 Å². The fraction of sp³-hybridized carbons (Fsp3) is 0.400. The SMILES string of the molecule is NC(=O)C(=NOC1(C(=O)O)CCC1)c1csc(N)n1. The van der Waals surface area contributed by atoms with Crippen molar-refractivity contribution < 1.29 is 19.5 Å². The monoisotopic (exact) mass is 284 g/mol. The maximum Gasteiger partial charge on any atom is 0.350 e. The van der Waals surface area contributed by atoms with Gasteiger partial charge in [-0.25, -0.2) is 9.78 Å². The highest BCUT2D eigenvalue weighted by atomic mass is 32.1. The molecule has 0 atom stereocenters. The van der Waals surface area contributed by atoms with Gasteiger partial charge in [0.25, 0.3) is 5.91 Å². The smallest absolute Gasteiger partial charge is 0.350 e. The van der Waals surface area contributed by atoms with Gasteiger partial charge in [-0.15, -0.1) is 11.3 Å². The van der Waals surface area contributed by atoms with E-state index in [9.17, 15) is 9.59 Å². The van der Waals surface area contributed by atoms with Gasteiger partial charge in [0.2, 0.25) is 5.60 Å². The number of rotatable bonds is 5. The molecule has 0 radical (unpaired) electrons. The molecule has 1 aliphatic carbocycles. The van der Waals surface area contributed by atoms with Gasteiger partial charge in [-0.2, -0.15) is 0 Å². The number of aliphatic carboxylic acids is 1. The standard InChI is InChI=1S/C10H12N4O4S/c11-7(15)6(5-4-19-9(12)13-5)14-18-10(8(16)17)2-1-3-10/h4H,1-3H2,(H2,11,15)(H2,12,13)(H,16,17). The van der Waals surface area contributed by atoms with Gasteiger partial charge in [-0.3, -0.25) is 4.79 Å². The Balaban J connectivity index is 2.23. The summed E-state index contributed by atoms with van der Waals surface area (Å²) < 4.78 is 0. The molecule has 1 heterocycles. The van der Waals surface area contributed by atoms with Crippen LogP contribution in [0.5, 0.6) is 0 Å². The second-order valence-electron chi connectivity index (χ2n) is 4.12. The van der Waals surface area contributed by atoms with E-state index in [0.717, 1.165) is 17.8 Å². The number of thiazole rings is 1. The molecule has 1 aromatic rings. The number of hydrogen-bond donors (Lipinski definition) is 3. The van der Waals surface area contributed by atoms with Crippen molar-refractivity contribution in [3.63, 3.8) is 0 Å². The quantitative estimate of drug-likeness (QED) is 0.511. The third kappa shape index (κ3) is 2.50. The van der Waals surface area contributed by atoms with Gasteiger partial charge < -0.3 is 21.4 Å². The van der Waals surface area contributed by atoms with Crippen LogP contribution in [0.3, 0.4) is 0 Å². The molecule has 1 fully saturated rings. The van der Waals surface area contributed by atoms with Crippen molar-refractivity contribution in [2.75, 3.05) is 5.73 Å². The maximum absolute atomic E-state index is 11.3. The van der Waals surface area contributed by atoms with Gasteiger partial charge in [-0.05, 0) is 6.42 Å². The molecule has 8 nitrogen and oxygen atoms in total. The van der Waals surface area contributed by atoms with Gasteiger partial charge in [0.15, 0.2) is 10.8 Å². The van der Waals surface area contributed by atoms with Crippen molar-refractivity contribution >= 4 is 34.1 Å². The molecule has 2 rings (SSSR count). The Bertz CT molecular complexity index is 549. The lowest BCUT2D eigenvalue weighted by atomic mass is 9.80. The van der Waals surface area contributed by atoms with Crippen LogP contribution < -0.4 is 11.5 Å². The van der Waals surface area contributed by atoms with Crippen LogP contribution >= 0.6 is 11.3 Å². The number of carboxylic acids is 1. The third-order valence-corrected chi connectivity index (χ3v) is 3.53.